The molecule has 1 saturated heterocycles. The van der Waals surface area contributed by atoms with Crippen LogP contribution in [0.25, 0.3) is 0 Å². The van der Waals surface area contributed by atoms with Gasteiger partial charge in [-0.3, -0.25) is 10.00 Å². The lowest BCUT2D eigenvalue weighted by molar-refractivity contribution is -0.141. The molecule has 9 heteroatoms. The summed E-state index contributed by atoms with van der Waals surface area (Å²) in [6.07, 6.45) is 2.66. The van der Waals surface area contributed by atoms with E-state index < -0.39 is 12.0 Å². The molecule has 1 aromatic rings. The lowest BCUT2D eigenvalue weighted by atomic mass is 10.3. The first-order valence-corrected chi connectivity index (χ1v) is 7.43. The zero-order valence-electron chi connectivity index (χ0n) is 11.1. The van der Waals surface area contributed by atoms with Crippen molar-refractivity contribution in [3.05, 3.63) is 12.2 Å². The van der Waals surface area contributed by atoms with Gasteiger partial charge in [-0.1, -0.05) is 6.92 Å². The number of nitrogens with zero attached hydrogens (tertiary/aromatic N) is 3. The number of thioether (sulfide) groups is 1. The second kappa shape index (κ2) is 6.60. The third-order valence-electron chi connectivity index (χ3n) is 3.06. The molecule has 2 heterocycles. The molecule has 0 bridgehead atoms. The van der Waals surface area contributed by atoms with Crippen LogP contribution in [0.15, 0.2) is 6.33 Å². The molecule has 1 aromatic heterocycles. The fourth-order valence-electron chi connectivity index (χ4n) is 2.07. The zero-order chi connectivity index (χ0) is 14.5. The lowest BCUT2D eigenvalue weighted by Gasteiger charge is -2.26. The van der Waals surface area contributed by atoms with Gasteiger partial charge in [0.25, 0.3) is 0 Å². The normalized spacial score (nSPS) is 21.9. The minimum Gasteiger partial charge on any atom is -0.480 e. The predicted octanol–water partition coefficient (Wildman–Crippen LogP) is 0.295. The van der Waals surface area contributed by atoms with E-state index in [1.807, 2.05) is 6.92 Å². The summed E-state index contributed by atoms with van der Waals surface area (Å²) in [5.74, 6) is 0.158. The number of H-pyrrole nitrogens is 1. The van der Waals surface area contributed by atoms with Gasteiger partial charge in [0.05, 0.1) is 5.37 Å². The van der Waals surface area contributed by atoms with E-state index in [0.717, 1.165) is 6.42 Å². The maximum Gasteiger partial charge on any atom is 0.327 e. The third kappa shape index (κ3) is 3.21. The van der Waals surface area contributed by atoms with Gasteiger partial charge < -0.3 is 10.4 Å². The molecule has 0 aromatic carbocycles. The second-order valence-electron chi connectivity index (χ2n) is 4.37. The van der Waals surface area contributed by atoms with Crippen molar-refractivity contribution in [2.24, 2.45) is 0 Å². The van der Waals surface area contributed by atoms with Gasteiger partial charge in [-0.25, -0.2) is 14.6 Å². The van der Waals surface area contributed by atoms with Crippen molar-refractivity contribution < 1.29 is 14.7 Å². The summed E-state index contributed by atoms with van der Waals surface area (Å²) >= 11 is 1.50. The summed E-state index contributed by atoms with van der Waals surface area (Å²) in [7, 11) is 0. The molecule has 2 amide bonds. The Morgan fingerprint density at radius 3 is 3.05 bits per heavy atom. The van der Waals surface area contributed by atoms with Crippen molar-refractivity contribution in [2.45, 2.75) is 31.2 Å². The molecule has 20 heavy (non-hydrogen) atoms. The summed E-state index contributed by atoms with van der Waals surface area (Å²) in [4.78, 5) is 28.7. The van der Waals surface area contributed by atoms with Crippen molar-refractivity contribution in [3.8, 4) is 0 Å². The summed E-state index contributed by atoms with van der Waals surface area (Å²) in [5.41, 5.74) is 0. The molecule has 0 aliphatic carbocycles. The van der Waals surface area contributed by atoms with Crippen LogP contribution in [0, 0.1) is 0 Å². The highest BCUT2D eigenvalue weighted by Gasteiger charge is 2.40. The van der Waals surface area contributed by atoms with Gasteiger partial charge in [0.2, 0.25) is 0 Å². The average molecular weight is 299 g/mol. The molecule has 110 valence electrons. The van der Waals surface area contributed by atoms with E-state index in [2.05, 4.69) is 20.5 Å². The van der Waals surface area contributed by atoms with E-state index in [4.69, 9.17) is 5.11 Å². The number of carboxylic acid groups (broad SMARTS) is 1. The number of carbonyl (C=O) groups is 2. The van der Waals surface area contributed by atoms with E-state index in [0.29, 0.717) is 24.5 Å². The second-order valence-corrected chi connectivity index (χ2v) is 5.58. The Hall–Kier alpha value is -1.77. The molecule has 1 fully saturated rings. The first-order chi connectivity index (χ1) is 9.63. The lowest BCUT2D eigenvalue weighted by Crippen LogP contribution is -2.50. The van der Waals surface area contributed by atoms with Gasteiger partial charge in [-0.15, -0.1) is 11.8 Å². The van der Waals surface area contributed by atoms with Gasteiger partial charge in [0.1, 0.15) is 18.2 Å². The van der Waals surface area contributed by atoms with E-state index in [1.54, 1.807) is 0 Å². The van der Waals surface area contributed by atoms with E-state index >= 15 is 0 Å². The van der Waals surface area contributed by atoms with Gasteiger partial charge in [-0.2, -0.15) is 5.10 Å². The smallest absolute Gasteiger partial charge is 0.327 e. The standard InChI is InChI=1S/C11H17N5O3S/c1-2-9-16(7(5-20-9)10(17)18)11(19)12-4-3-8-13-6-14-15-8/h6-7,9H,2-5H2,1H3,(H,12,19)(H,17,18)(H,13,14,15). The van der Waals surface area contributed by atoms with E-state index in [-0.39, 0.29) is 11.4 Å². The van der Waals surface area contributed by atoms with Crippen molar-refractivity contribution in [1.82, 2.24) is 25.4 Å². The molecular formula is C11H17N5O3S. The minimum atomic E-state index is -0.959. The highest BCUT2D eigenvalue weighted by molar-refractivity contribution is 8.00. The van der Waals surface area contributed by atoms with Crippen LogP contribution in [-0.2, 0) is 11.2 Å². The molecule has 0 saturated carbocycles. The summed E-state index contributed by atoms with van der Waals surface area (Å²) in [6, 6.07) is -1.09. The van der Waals surface area contributed by atoms with Crippen molar-refractivity contribution in [3.63, 3.8) is 0 Å². The molecule has 8 nitrogen and oxygen atoms in total. The van der Waals surface area contributed by atoms with Crippen LogP contribution in [0.5, 0.6) is 0 Å². The Bertz CT molecular complexity index is 467. The molecule has 2 unspecified atom stereocenters. The maximum atomic E-state index is 12.1. The van der Waals surface area contributed by atoms with Crippen LogP contribution in [0.1, 0.15) is 19.2 Å². The van der Waals surface area contributed by atoms with Gasteiger partial charge >= 0.3 is 12.0 Å². The van der Waals surface area contributed by atoms with E-state index in [1.165, 1.54) is 23.0 Å². The predicted molar refractivity (Wildman–Crippen MR) is 73.3 cm³/mol. The van der Waals surface area contributed by atoms with Gasteiger partial charge in [-0.05, 0) is 6.42 Å². The number of rotatable bonds is 5. The van der Waals surface area contributed by atoms with Gasteiger partial charge in [0.15, 0.2) is 0 Å². The first-order valence-electron chi connectivity index (χ1n) is 6.38. The monoisotopic (exact) mass is 299 g/mol. The number of urea groups is 1. The highest BCUT2D eigenvalue weighted by atomic mass is 32.2. The minimum absolute atomic E-state index is 0.0821. The molecule has 3 N–H and O–H groups in total. The van der Waals surface area contributed by atoms with Crippen LogP contribution < -0.4 is 5.32 Å². The fourth-order valence-corrected chi connectivity index (χ4v) is 3.42. The number of nitrogens with one attached hydrogen (secondary N) is 2. The third-order valence-corrected chi connectivity index (χ3v) is 4.52. The van der Waals surface area contributed by atoms with Crippen LogP contribution >= 0.6 is 11.8 Å². The van der Waals surface area contributed by atoms with Crippen molar-refractivity contribution in [1.29, 1.82) is 0 Å². The van der Waals surface area contributed by atoms with E-state index in [9.17, 15) is 9.59 Å². The number of carbonyl (C=O) groups excluding carboxylic acids is 1. The number of hydrogen-bond acceptors (Lipinski definition) is 5. The Morgan fingerprint density at radius 2 is 2.45 bits per heavy atom. The van der Waals surface area contributed by atoms with Crippen LogP contribution in [0.4, 0.5) is 4.79 Å². The molecule has 2 rings (SSSR count). The molecule has 1 aliphatic rings. The number of aromatic amines is 1. The number of carboxylic acids is 1. The number of hydrogen-bond donors (Lipinski definition) is 3. The fraction of sp³-hybridized carbons (Fsp3) is 0.636. The quantitative estimate of drug-likeness (QED) is 0.721. The van der Waals surface area contributed by atoms with Crippen molar-refractivity contribution in [2.75, 3.05) is 12.3 Å². The number of aromatic nitrogens is 3. The van der Waals surface area contributed by atoms with Crippen LogP contribution in [-0.4, -0.2) is 60.9 Å². The maximum absolute atomic E-state index is 12.1. The van der Waals surface area contributed by atoms with Crippen molar-refractivity contribution >= 4 is 23.8 Å². The first kappa shape index (κ1) is 14.6. The molecule has 2 atom stereocenters. The number of aliphatic carboxylic acids is 1. The largest absolute Gasteiger partial charge is 0.480 e. The SMILES string of the molecule is CCC1SCC(C(=O)O)N1C(=O)NCCc1ncn[nH]1. The van der Waals surface area contributed by atoms with Crippen LogP contribution in [0.3, 0.4) is 0 Å². The zero-order valence-corrected chi connectivity index (χ0v) is 11.9. The number of amides is 2. The summed E-state index contributed by atoms with van der Waals surface area (Å²) in [6.45, 7) is 2.33. The molecular weight excluding hydrogens is 282 g/mol. The average Bonchev–Trinajstić information content (AvgIpc) is 3.07. The topological polar surface area (TPSA) is 111 Å². The van der Waals surface area contributed by atoms with Gasteiger partial charge in [0, 0.05) is 18.7 Å². The van der Waals surface area contributed by atoms with Crippen LogP contribution in [0.2, 0.25) is 0 Å². The summed E-state index contributed by atoms with van der Waals surface area (Å²) < 4.78 is 0. The molecule has 1 aliphatic heterocycles. The Kier molecular flexibility index (Phi) is 4.83. The highest BCUT2D eigenvalue weighted by Crippen LogP contribution is 2.31. The molecule has 0 spiro atoms. The Morgan fingerprint density at radius 1 is 1.65 bits per heavy atom. The summed E-state index contributed by atoms with van der Waals surface area (Å²) in [5, 5.41) is 18.2. The Balaban J connectivity index is 1.90. The molecule has 0 radical (unpaired) electrons. The Labute approximate surface area is 120 Å².